The number of amides is 1. The van der Waals surface area contributed by atoms with Crippen molar-refractivity contribution in [3.63, 3.8) is 0 Å². The zero-order valence-electron chi connectivity index (χ0n) is 16.5. The summed E-state index contributed by atoms with van der Waals surface area (Å²) < 4.78 is 64.5. The Kier molecular flexibility index (Phi) is 5.61. The molecule has 0 saturated heterocycles. The van der Waals surface area contributed by atoms with Crippen LogP contribution in [0.3, 0.4) is 0 Å². The maximum absolute atomic E-state index is 14.5. The molecule has 1 heterocycles. The molecule has 0 unspecified atom stereocenters. The summed E-state index contributed by atoms with van der Waals surface area (Å²) >= 11 is 0. The van der Waals surface area contributed by atoms with E-state index in [9.17, 15) is 22.0 Å². The van der Waals surface area contributed by atoms with Crippen molar-refractivity contribution in [2.45, 2.75) is 38.8 Å². The molecule has 1 N–H and O–H groups in total. The molecular formula is C17H23F2N3O5S. The van der Waals surface area contributed by atoms with Crippen LogP contribution in [0.1, 0.15) is 33.3 Å². The van der Waals surface area contributed by atoms with E-state index >= 15 is 0 Å². The van der Waals surface area contributed by atoms with Crippen molar-refractivity contribution in [1.29, 1.82) is 0 Å². The SMILES string of the molecule is COc1cc(F)c(F)c([C@]2(C)CS(=O)(=O)N(C)C(NC(=O)OC(C)(C)C)=N2)c1. The number of hydrogen-bond donors (Lipinski definition) is 1. The van der Waals surface area contributed by atoms with Gasteiger partial charge in [0.1, 0.15) is 16.9 Å². The third-order valence-electron chi connectivity index (χ3n) is 3.96. The Hall–Kier alpha value is -2.43. The molecule has 11 heteroatoms. The molecule has 28 heavy (non-hydrogen) atoms. The quantitative estimate of drug-likeness (QED) is 0.794. The van der Waals surface area contributed by atoms with Crippen molar-refractivity contribution in [2.75, 3.05) is 19.9 Å². The molecule has 1 aromatic carbocycles. The van der Waals surface area contributed by atoms with Gasteiger partial charge in [-0.05, 0) is 33.8 Å². The summed E-state index contributed by atoms with van der Waals surface area (Å²) in [6, 6.07) is 2.02. The van der Waals surface area contributed by atoms with Crippen molar-refractivity contribution in [3.05, 3.63) is 29.3 Å². The Labute approximate surface area is 162 Å². The van der Waals surface area contributed by atoms with Gasteiger partial charge in [0.15, 0.2) is 11.6 Å². The maximum Gasteiger partial charge on any atom is 0.414 e. The molecule has 0 radical (unpaired) electrons. The van der Waals surface area contributed by atoms with Crippen LogP contribution in [0.5, 0.6) is 5.75 Å². The number of aliphatic imine (C=N–C) groups is 1. The highest BCUT2D eigenvalue weighted by atomic mass is 32.2. The van der Waals surface area contributed by atoms with Crippen LogP contribution in [-0.2, 0) is 20.3 Å². The molecule has 1 aliphatic heterocycles. The molecule has 1 aromatic rings. The normalized spacial score (nSPS) is 21.7. The van der Waals surface area contributed by atoms with E-state index in [-0.39, 0.29) is 17.3 Å². The summed E-state index contributed by atoms with van der Waals surface area (Å²) in [4.78, 5) is 16.3. The van der Waals surface area contributed by atoms with Crippen molar-refractivity contribution in [2.24, 2.45) is 4.99 Å². The topological polar surface area (TPSA) is 97.3 Å². The number of nitrogens with one attached hydrogen (secondary N) is 1. The zero-order valence-corrected chi connectivity index (χ0v) is 17.3. The number of halogens is 2. The third kappa shape index (κ3) is 4.51. The number of carbonyl (C=O) groups excluding carboxylic acids is 1. The van der Waals surface area contributed by atoms with Gasteiger partial charge in [-0.15, -0.1) is 0 Å². The summed E-state index contributed by atoms with van der Waals surface area (Å²) in [6.45, 7) is 6.22. The Bertz CT molecular complexity index is 927. The van der Waals surface area contributed by atoms with Gasteiger partial charge in [0.2, 0.25) is 16.0 Å². The van der Waals surface area contributed by atoms with Crippen molar-refractivity contribution >= 4 is 22.1 Å². The number of sulfonamides is 1. The average molecular weight is 419 g/mol. The number of benzene rings is 1. The van der Waals surface area contributed by atoms with E-state index in [1.807, 2.05) is 0 Å². The van der Waals surface area contributed by atoms with E-state index in [1.165, 1.54) is 27.1 Å². The number of hydrogen-bond acceptors (Lipinski definition) is 6. The first-order valence-corrected chi connectivity index (χ1v) is 9.89. The van der Waals surface area contributed by atoms with Gasteiger partial charge < -0.3 is 9.47 Å². The predicted molar refractivity (Wildman–Crippen MR) is 98.6 cm³/mol. The van der Waals surface area contributed by atoms with E-state index in [0.717, 1.165) is 10.4 Å². The monoisotopic (exact) mass is 419 g/mol. The van der Waals surface area contributed by atoms with Gasteiger partial charge >= 0.3 is 6.09 Å². The Morgan fingerprint density at radius 1 is 1.32 bits per heavy atom. The third-order valence-corrected chi connectivity index (χ3v) is 5.90. The smallest absolute Gasteiger partial charge is 0.414 e. The van der Waals surface area contributed by atoms with Gasteiger partial charge in [-0.2, -0.15) is 0 Å². The lowest BCUT2D eigenvalue weighted by Gasteiger charge is -2.36. The standard InChI is InChI=1S/C17H23F2N3O5S/c1-16(2,3)27-15(23)20-14-21-17(4,9-28(24,25)22(14)5)11-7-10(26-6)8-12(18)13(11)19/h7-8H,9H2,1-6H3,(H,20,21,23)/t17-/m0/s1. The number of guanidine groups is 1. The van der Waals surface area contributed by atoms with Crippen LogP contribution < -0.4 is 10.1 Å². The molecule has 0 aliphatic carbocycles. The number of carbonyl (C=O) groups is 1. The molecule has 0 saturated carbocycles. The van der Waals surface area contributed by atoms with Gasteiger partial charge in [-0.1, -0.05) is 0 Å². The molecule has 0 aromatic heterocycles. The minimum atomic E-state index is -4.00. The lowest BCUT2D eigenvalue weighted by atomic mass is 9.93. The fourth-order valence-corrected chi connectivity index (χ4v) is 4.11. The van der Waals surface area contributed by atoms with Gasteiger partial charge in [0, 0.05) is 18.7 Å². The second-order valence-corrected chi connectivity index (χ2v) is 9.53. The lowest BCUT2D eigenvalue weighted by molar-refractivity contribution is 0.0559. The van der Waals surface area contributed by atoms with Gasteiger partial charge in [-0.25, -0.2) is 31.3 Å². The Balaban J connectivity index is 2.56. The number of nitrogens with zero attached hydrogens (tertiary/aromatic N) is 2. The molecule has 0 spiro atoms. The minimum absolute atomic E-state index is 0.00306. The minimum Gasteiger partial charge on any atom is -0.497 e. The number of rotatable bonds is 2. The van der Waals surface area contributed by atoms with E-state index < -0.39 is 44.6 Å². The first kappa shape index (κ1) is 21.9. The van der Waals surface area contributed by atoms with E-state index in [4.69, 9.17) is 9.47 Å². The summed E-state index contributed by atoms with van der Waals surface area (Å²) in [6.07, 6.45) is -0.935. The van der Waals surface area contributed by atoms with Crippen LogP contribution in [0.25, 0.3) is 0 Å². The van der Waals surface area contributed by atoms with Crippen LogP contribution in [0, 0.1) is 11.6 Å². The lowest BCUT2D eigenvalue weighted by Crippen LogP contribution is -2.54. The second-order valence-electron chi connectivity index (χ2n) is 7.53. The molecule has 2 rings (SSSR count). The van der Waals surface area contributed by atoms with Gasteiger partial charge in [0.25, 0.3) is 0 Å². The highest BCUT2D eigenvalue weighted by Crippen LogP contribution is 2.36. The fraction of sp³-hybridized carbons (Fsp3) is 0.529. The molecule has 0 bridgehead atoms. The molecular weight excluding hydrogens is 396 g/mol. The van der Waals surface area contributed by atoms with Crippen LogP contribution in [0.4, 0.5) is 13.6 Å². The zero-order chi connectivity index (χ0) is 21.5. The maximum atomic E-state index is 14.5. The molecule has 1 aliphatic rings. The number of methoxy groups -OCH3 is 1. The Morgan fingerprint density at radius 3 is 2.46 bits per heavy atom. The van der Waals surface area contributed by atoms with Crippen molar-refractivity contribution in [1.82, 2.24) is 9.62 Å². The van der Waals surface area contributed by atoms with Crippen LogP contribution in [0.15, 0.2) is 17.1 Å². The first-order chi connectivity index (χ1) is 12.7. The van der Waals surface area contributed by atoms with E-state index in [1.54, 1.807) is 20.8 Å². The number of alkyl carbamates (subject to hydrolysis) is 1. The van der Waals surface area contributed by atoms with E-state index in [2.05, 4.69) is 10.3 Å². The summed E-state index contributed by atoms with van der Waals surface area (Å²) in [5.41, 5.74) is -2.86. The predicted octanol–water partition coefficient (Wildman–Crippen LogP) is 2.34. The van der Waals surface area contributed by atoms with Crippen LogP contribution >= 0.6 is 0 Å². The molecule has 156 valence electrons. The molecule has 0 fully saturated rings. The first-order valence-electron chi connectivity index (χ1n) is 8.28. The van der Waals surface area contributed by atoms with Crippen LogP contribution in [-0.4, -0.2) is 50.3 Å². The van der Waals surface area contributed by atoms with E-state index in [0.29, 0.717) is 0 Å². The molecule has 1 atom stereocenters. The van der Waals surface area contributed by atoms with Gasteiger partial charge in [-0.3, -0.25) is 5.32 Å². The largest absolute Gasteiger partial charge is 0.497 e. The average Bonchev–Trinajstić information content (AvgIpc) is 2.52. The second kappa shape index (κ2) is 7.19. The highest BCUT2D eigenvalue weighted by Gasteiger charge is 2.43. The molecule has 8 nitrogen and oxygen atoms in total. The fourth-order valence-electron chi connectivity index (χ4n) is 2.63. The molecule has 1 amide bonds. The summed E-state index contributed by atoms with van der Waals surface area (Å²) in [7, 11) is -1.55. The number of ether oxygens (including phenoxy) is 2. The van der Waals surface area contributed by atoms with Crippen molar-refractivity contribution in [3.8, 4) is 5.75 Å². The highest BCUT2D eigenvalue weighted by molar-refractivity contribution is 7.89. The van der Waals surface area contributed by atoms with Crippen LogP contribution in [0.2, 0.25) is 0 Å². The van der Waals surface area contributed by atoms with Crippen molar-refractivity contribution < 1.29 is 31.5 Å². The Morgan fingerprint density at radius 2 is 1.93 bits per heavy atom. The summed E-state index contributed by atoms with van der Waals surface area (Å²) in [5, 5.41) is 2.26. The summed E-state index contributed by atoms with van der Waals surface area (Å²) in [5.74, 6) is -3.46. The van der Waals surface area contributed by atoms with Gasteiger partial charge in [0.05, 0.1) is 12.9 Å².